The molecule has 1 aliphatic rings. The van der Waals surface area contributed by atoms with Gasteiger partial charge in [-0.15, -0.1) is 0 Å². The van der Waals surface area contributed by atoms with E-state index >= 15 is 0 Å². The Morgan fingerprint density at radius 2 is 1.64 bits per heavy atom. The maximum atomic E-state index is 12.2. The first-order chi connectivity index (χ1) is 10.7. The van der Waals surface area contributed by atoms with Crippen LogP contribution in [-0.4, -0.2) is 18.2 Å². The first-order valence-electron chi connectivity index (χ1n) is 7.61. The molecule has 2 aromatic carbocycles. The molecule has 0 bridgehead atoms. The summed E-state index contributed by atoms with van der Waals surface area (Å²) in [6, 6.07) is 14.8. The van der Waals surface area contributed by atoms with E-state index in [9.17, 15) is 9.59 Å². The number of carbonyl (C=O) groups is 2. The van der Waals surface area contributed by atoms with Crippen molar-refractivity contribution in [3.05, 3.63) is 65.2 Å². The summed E-state index contributed by atoms with van der Waals surface area (Å²) in [6.07, 6.45) is 2.26. The number of carbonyl (C=O) groups excluding carboxylic acids is 2. The summed E-state index contributed by atoms with van der Waals surface area (Å²) in [5.74, 6) is 1.07. The highest BCUT2D eigenvalue weighted by Gasteiger charge is 2.15. The van der Waals surface area contributed by atoms with Crippen molar-refractivity contribution in [3.63, 3.8) is 0 Å². The Kier molecular flexibility index (Phi) is 4.33. The normalized spacial score (nSPS) is 12.5. The molecule has 2 aromatic rings. The third-order valence-electron chi connectivity index (χ3n) is 3.91. The van der Waals surface area contributed by atoms with Crippen LogP contribution in [0.1, 0.15) is 45.5 Å². The average molecular weight is 294 g/mol. The molecule has 0 saturated heterocycles. The van der Waals surface area contributed by atoms with Crippen LogP contribution < -0.4 is 4.74 Å². The van der Waals surface area contributed by atoms with Crippen molar-refractivity contribution in [2.45, 2.75) is 25.7 Å². The van der Waals surface area contributed by atoms with Gasteiger partial charge in [0.05, 0.1) is 6.61 Å². The molecule has 112 valence electrons. The van der Waals surface area contributed by atoms with Crippen molar-refractivity contribution in [2.24, 2.45) is 0 Å². The summed E-state index contributed by atoms with van der Waals surface area (Å²) in [5.41, 5.74) is 2.53. The van der Waals surface area contributed by atoms with Crippen LogP contribution >= 0.6 is 0 Å². The van der Waals surface area contributed by atoms with Gasteiger partial charge < -0.3 is 4.74 Å². The summed E-state index contributed by atoms with van der Waals surface area (Å²) in [4.78, 5) is 24.2. The minimum atomic E-state index is 0.0931. The van der Waals surface area contributed by atoms with Crippen LogP contribution in [0.15, 0.2) is 48.5 Å². The van der Waals surface area contributed by atoms with Crippen LogP contribution in [0.4, 0.5) is 0 Å². The topological polar surface area (TPSA) is 43.4 Å². The van der Waals surface area contributed by atoms with Crippen LogP contribution in [0.3, 0.4) is 0 Å². The Balaban J connectivity index is 1.53. The molecule has 1 aliphatic heterocycles. The largest absolute Gasteiger partial charge is 0.493 e. The second kappa shape index (κ2) is 6.56. The smallest absolute Gasteiger partial charge is 0.162 e. The van der Waals surface area contributed by atoms with Crippen molar-refractivity contribution in [1.82, 2.24) is 0 Å². The van der Waals surface area contributed by atoms with Gasteiger partial charge in [-0.2, -0.15) is 0 Å². The summed E-state index contributed by atoms with van der Waals surface area (Å²) in [7, 11) is 0. The van der Waals surface area contributed by atoms with Crippen molar-refractivity contribution >= 4 is 11.6 Å². The van der Waals surface area contributed by atoms with Crippen molar-refractivity contribution in [3.8, 4) is 5.75 Å². The Morgan fingerprint density at radius 1 is 0.909 bits per heavy atom. The molecule has 0 amide bonds. The zero-order valence-corrected chi connectivity index (χ0v) is 12.4. The Morgan fingerprint density at radius 3 is 2.41 bits per heavy atom. The second-order valence-corrected chi connectivity index (χ2v) is 5.49. The van der Waals surface area contributed by atoms with Crippen molar-refractivity contribution in [2.75, 3.05) is 6.61 Å². The molecule has 3 nitrogen and oxygen atoms in total. The second-order valence-electron chi connectivity index (χ2n) is 5.49. The van der Waals surface area contributed by atoms with Gasteiger partial charge in [0.15, 0.2) is 11.6 Å². The number of rotatable bonds is 6. The molecule has 0 saturated carbocycles. The maximum absolute atomic E-state index is 12.2. The van der Waals surface area contributed by atoms with Crippen molar-refractivity contribution in [1.29, 1.82) is 0 Å². The predicted molar refractivity (Wildman–Crippen MR) is 84.6 cm³/mol. The van der Waals surface area contributed by atoms with Crippen LogP contribution in [0, 0.1) is 0 Å². The van der Waals surface area contributed by atoms with E-state index in [1.807, 2.05) is 48.5 Å². The standard InChI is InChI=1S/C19H18O3/c20-17(14-5-2-1-3-6-14)7-4-8-18(21)15-9-10-19-16(13-15)11-12-22-19/h1-3,5-6,9-10,13H,4,7-8,11-12H2. The van der Waals surface area contributed by atoms with E-state index in [0.717, 1.165) is 23.3 Å². The predicted octanol–water partition coefficient (Wildman–Crippen LogP) is 3.86. The summed E-state index contributed by atoms with van der Waals surface area (Å²) in [5, 5.41) is 0. The molecule has 0 unspecified atom stereocenters. The zero-order valence-electron chi connectivity index (χ0n) is 12.4. The molecule has 22 heavy (non-hydrogen) atoms. The molecule has 0 aromatic heterocycles. The van der Waals surface area contributed by atoms with E-state index in [1.54, 1.807) is 0 Å². The van der Waals surface area contributed by atoms with E-state index in [4.69, 9.17) is 4.74 Å². The molecule has 0 spiro atoms. The van der Waals surface area contributed by atoms with Gasteiger partial charge in [-0.3, -0.25) is 9.59 Å². The number of ether oxygens (including phenoxy) is 1. The molecule has 1 heterocycles. The third-order valence-corrected chi connectivity index (χ3v) is 3.91. The fourth-order valence-electron chi connectivity index (χ4n) is 2.68. The average Bonchev–Trinajstić information content (AvgIpc) is 3.03. The van der Waals surface area contributed by atoms with Crippen LogP contribution in [0.5, 0.6) is 5.75 Å². The minimum Gasteiger partial charge on any atom is -0.493 e. The van der Waals surface area contributed by atoms with Gasteiger partial charge in [0.1, 0.15) is 5.75 Å². The highest BCUT2D eigenvalue weighted by molar-refractivity contribution is 5.98. The maximum Gasteiger partial charge on any atom is 0.162 e. The van der Waals surface area contributed by atoms with Gasteiger partial charge in [-0.25, -0.2) is 0 Å². The van der Waals surface area contributed by atoms with Gasteiger partial charge in [-0.1, -0.05) is 30.3 Å². The lowest BCUT2D eigenvalue weighted by atomic mass is 10.00. The Hall–Kier alpha value is -2.42. The van der Waals surface area contributed by atoms with Crippen LogP contribution in [0.25, 0.3) is 0 Å². The molecule has 0 fully saturated rings. The van der Waals surface area contributed by atoms with Gasteiger partial charge in [0.25, 0.3) is 0 Å². The van der Waals surface area contributed by atoms with E-state index in [0.29, 0.717) is 31.4 Å². The van der Waals surface area contributed by atoms with E-state index in [2.05, 4.69) is 0 Å². The monoisotopic (exact) mass is 294 g/mol. The van der Waals surface area contributed by atoms with Gasteiger partial charge >= 0.3 is 0 Å². The quantitative estimate of drug-likeness (QED) is 0.760. The summed E-state index contributed by atoms with van der Waals surface area (Å²) >= 11 is 0. The molecule has 3 rings (SSSR count). The van der Waals surface area contributed by atoms with Crippen LogP contribution in [0.2, 0.25) is 0 Å². The number of hydrogen-bond donors (Lipinski definition) is 0. The van der Waals surface area contributed by atoms with Gasteiger partial charge in [-0.05, 0) is 30.2 Å². The first-order valence-corrected chi connectivity index (χ1v) is 7.61. The number of Topliss-reactive ketones (excluding diaryl/α,β-unsaturated/α-hetero) is 2. The lowest BCUT2D eigenvalue weighted by molar-refractivity contribution is 0.0957. The highest BCUT2D eigenvalue weighted by atomic mass is 16.5. The third kappa shape index (κ3) is 3.25. The van der Waals surface area contributed by atoms with Crippen LogP contribution in [-0.2, 0) is 6.42 Å². The van der Waals surface area contributed by atoms with Gasteiger partial charge in [0, 0.05) is 30.4 Å². The number of benzene rings is 2. The van der Waals surface area contributed by atoms with E-state index < -0.39 is 0 Å². The molecule has 0 radical (unpaired) electrons. The fourth-order valence-corrected chi connectivity index (χ4v) is 2.68. The molecule has 3 heteroatoms. The Labute approximate surface area is 129 Å². The summed E-state index contributed by atoms with van der Waals surface area (Å²) in [6.45, 7) is 0.693. The SMILES string of the molecule is O=C(CCCC(=O)c1ccc2c(c1)CCO2)c1ccccc1. The molecular weight excluding hydrogens is 276 g/mol. The van der Waals surface area contributed by atoms with Crippen molar-refractivity contribution < 1.29 is 14.3 Å². The highest BCUT2D eigenvalue weighted by Crippen LogP contribution is 2.26. The molecule has 0 atom stereocenters. The fraction of sp³-hybridized carbons (Fsp3) is 0.263. The molecular formula is C19H18O3. The minimum absolute atomic E-state index is 0.0931. The molecule has 0 aliphatic carbocycles. The molecule has 0 N–H and O–H groups in total. The van der Waals surface area contributed by atoms with Gasteiger partial charge in [0.2, 0.25) is 0 Å². The Bertz CT molecular complexity index is 689. The zero-order chi connectivity index (χ0) is 15.4. The lowest BCUT2D eigenvalue weighted by Crippen LogP contribution is -2.03. The van der Waals surface area contributed by atoms with E-state index in [1.165, 1.54) is 0 Å². The number of ketones is 2. The number of fused-ring (bicyclic) bond motifs is 1. The van der Waals surface area contributed by atoms with E-state index in [-0.39, 0.29) is 11.6 Å². The lowest BCUT2D eigenvalue weighted by Gasteiger charge is -2.04. The summed E-state index contributed by atoms with van der Waals surface area (Å²) < 4.78 is 5.44. The first kappa shape index (κ1) is 14.5. The number of hydrogen-bond acceptors (Lipinski definition) is 3.